The second-order valence-electron chi connectivity index (χ2n) is 6.37. The first kappa shape index (κ1) is 23.1. The van der Waals surface area contributed by atoms with E-state index >= 15 is 0 Å². The third kappa shape index (κ3) is 5.53. The topological polar surface area (TPSA) is 82.6 Å². The number of carbonyl (C=O) groups is 1. The first-order valence-corrected chi connectivity index (χ1v) is 9.90. The highest BCUT2D eigenvalue weighted by Crippen LogP contribution is 2.18. The van der Waals surface area contributed by atoms with Crippen molar-refractivity contribution >= 4 is 40.7 Å². The van der Waals surface area contributed by atoms with Gasteiger partial charge in [0.15, 0.2) is 0 Å². The molecule has 148 valence electrons. The van der Waals surface area contributed by atoms with E-state index in [1.807, 2.05) is 0 Å². The molecule has 1 N–H and O–H groups in total. The van der Waals surface area contributed by atoms with Crippen molar-refractivity contribution in [2.75, 3.05) is 39.3 Å². The smallest absolute Gasteiger partial charge is 0.244 e. The number of carbonyl (C=O) groups excluding carboxylic acids is 1. The first-order chi connectivity index (χ1) is 11.6. The first-order valence-electron chi connectivity index (χ1n) is 8.46. The molecule has 2 saturated heterocycles. The fraction of sp³-hybridized carbons (Fsp3) is 0.625. The normalized spacial score (nSPS) is 20.9. The zero-order valence-corrected chi connectivity index (χ0v) is 17.0. The molecule has 0 aliphatic carbocycles. The number of aromatic nitrogens is 1. The van der Waals surface area contributed by atoms with Gasteiger partial charge in [0.1, 0.15) is 4.90 Å². The Morgan fingerprint density at radius 2 is 1.96 bits per heavy atom. The van der Waals surface area contributed by atoms with Crippen LogP contribution >= 0.6 is 24.8 Å². The highest BCUT2D eigenvalue weighted by molar-refractivity contribution is 7.89. The highest BCUT2D eigenvalue weighted by atomic mass is 35.5. The van der Waals surface area contributed by atoms with E-state index in [4.69, 9.17) is 0 Å². The number of halogens is 2. The van der Waals surface area contributed by atoms with E-state index < -0.39 is 10.0 Å². The van der Waals surface area contributed by atoms with Crippen molar-refractivity contribution in [3.8, 4) is 0 Å². The van der Waals surface area contributed by atoms with Crippen molar-refractivity contribution in [1.82, 2.24) is 19.5 Å². The maximum Gasteiger partial charge on any atom is 0.244 e. The van der Waals surface area contributed by atoms with Gasteiger partial charge in [-0.3, -0.25) is 9.78 Å². The second-order valence-corrected chi connectivity index (χ2v) is 8.31. The van der Waals surface area contributed by atoms with Crippen LogP contribution in [0, 0.1) is 5.92 Å². The van der Waals surface area contributed by atoms with Crippen LogP contribution in [0.1, 0.15) is 19.3 Å². The Hall–Kier alpha value is -0.930. The summed E-state index contributed by atoms with van der Waals surface area (Å²) < 4.78 is 26.5. The minimum Gasteiger partial charge on any atom is -0.340 e. The van der Waals surface area contributed by atoms with Crippen LogP contribution in [0.4, 0.5) is 0 Å². The van der Waals surface area contributed by atoms with Crippen molar-refractivity contribution in [3.63, 3.8) is 0 Å². The van der Waals surface area contributed by atoms with Gasteiger partial charge in [0.05, 0.1) is 0 Å². The van der Waals surface area contributed by atoms with Gasteiger partial charge < -0.3 is 10.2 Å². The molecule has 0 spiro atoms. The van der Waals surface area contributed by atoms with Crippen LogP contribution in [0.15, 0.2) is 29.4 Å². The van der Waals surface area contributed by atoms with Crippen LogP contribution in [-0.2, 0) is 14.8 Å². The predicted molar refractivity (Wildman–Crippen MR) is 104 cm³/mol. The Bertz CT molecular complexity index is 661. The molecule has 1 aromatic heterocycles. The molecule has 2 fully saturated rings. The molecule has 10 heteroatoms. The molecule has 1 amide bonds. The van der Waals surface area contributed by atoms with Crippen molar-refractivity contribution in [3.05, 3.63) is 24.5 Å². The minimum absolute atomic E-state index is 0. The zero-order chi connectivity index (χ0) is 17.0. The van der Waals surface area contributed by atoms with Crippen LogP contribution in [0.25, 0.3) is 0 Å². The lowest BCUT2D eigenvalue weighted by molar-refractivity contribution is -0.132. The number of sulfonamides is 1. The van der Waals surface area contributed by atoms with E-state index in [0.717, 1.165) is 25.9 Å². The van der Waals surface area contributed by atoms with Gasteiger partial charge in [-0.2, -0.15) is 4.31 Å². The molecule has 3 heterocycles. The number of hydrogen-bond donors (Lipinski definition) is 1. The maximum atomic E-state index is 12.5. The fourth-order valence-electron chi connectivity index (χ4n) is 3.27. The molecule has 1 atom stereocenters. The number of pyridine rings is 1. The monoisotopic (exact) mass is 424 g/mol. The molecular weight excluding hydrogens is 399 g/mol. The van der Waals surface area contributed by atoms with Gasteiger partial charge in [-0.1, -0.05) is 0 Å². The van der Waals surface area contributed by atoms with Crippen molar-refractivity contribution < 1.29 is 13.2 Å². The average molecular weight is 425 g/mol. The van der Waals surface area contributed by atoms with Crippen LogP contribution in [0.2, 0.25) is 0 Å². The van der Waals surface area contributed by atoms with E-state index in [2.05, 4.69) is 10.3 Å². The quantitative estimate of drug-likeness (QED) is 0.766. The summed E-state index contributed by atoms with van der Waals surface area (Å²) in [5.74, 6) is 0.738. The Labute approximate surface area is 167 Å². The molecule has 1 unspecified atom stereocenters. The van der Waals surface area contributed by atoms with Crippen LogP contribution < -0.4 is 5.32 Å². The molecule has 3 rings (SSSR count). The van der Waals surface area contributed by atoms with Crippen LogP contribution in [-0.4, -0.2) is 67.8 Å². The van der Waals surface area contributed by atoms with E-state index in [1.54, 1.807) is 23.2 Å². The van der Waals surface area contributed by atoms with Crippen LogP contribution in [0.5, 0.6) is 0 Å². The van der Waals surface area contributed by atoms with Gasteiger partial charge in [0.25, 0.3) is 0 Å². The number of piperazine rings is 1. The molecule has 0 aromatic carbocycles. The molecule has 26 heavy (non-hydrogen) atoms. The number of nitrogens with one attached hydrogen (secondary N) is 1. The minimum atomic E-state index is -3.51. The van der Waals surface area contributed by atoms with Gasteiger partial charge in [-0.25, -0.2) is 8.42 Å². The summed E-state index contributed by atoms with van der Waals surface area (Å²) in [5, 5.41) is 3.31. The average Bonchev–Trinajstić information content (AvgIpc) is 3.14. The predicted octanol–water partition coefficient (Wildman–Crippen LogP) is 1.15. The van der Waals surface area contributed by atoms with Gasteiger partial charge in [0.2, 0.25) is 15.9 Å². The maximum absolute atomic E-state index is 12.5. The molecule has 0 saturated carbocycles. The number of hydrogen-bond acceptors (Lipinski definition) is 5. The SMILES string of the molecule is Cl.Cl.O=C(CCC1CCNC1)N1CCN(S(=O)(=O)c2cccnc2)CC1. The lowest BCUT2D eigenvalue weighted by Crippen LogP contribution is -2.50. The summed E-state index contributed by atoms with van der Waals surface area (Å²) in [4.78, 5) is 18.2. The molecule has 7 nitrogen and oxygen atoms in total. The number of rotatable bonds is 5. The highest BCUT2D eigenvalue weighted by Gasteiger charge is 2.30. The third-order valence-corrected chi connectivity index (χ3v) is 6.67. The summed E-state index contributed by atoms with van der Waals surface area (Å²) in [6.07, 6.45) is 5.53. The molecule has 2 aliphatic heterocycles. The fourth-order valence-corrected chi connectivity index (χ4v) is 4.66. The van der Waals surface area contributed by atoms with Gasteiger partial charge in [-0.05, 0) is 44.0 Å². The molecule has 2 aliphatic rings. The molecule has 0 bridgehead atoms. The molecular formula is C16H26Cl2N4O3S. The molecule has 0 radical (unpaired) electrons. The van der Waals surface area contributed by atoms with E-state index in [9.17, 15) is 13.2 Å². The van der Waals surface area contributed by atoms with Crippen molar-refractivity contribution in [2.45, 2.75) is 24.2 Å². The van der Waals surface area contributed by atoms with Crippen molar-refractivity contribution in [2.24, 2.45) is 5.92 Å². The van der Waals surface area contributed by atoms with Crippen LogP contribution in [0.3, 0.4) is 0 Å². The summed E-state index contributed by atoms with van der Waals surface area (Å²) in [7, 11) is -3.51. The summed E-state index contributed by atoms with van der Waals surface area (Å²) in [6.45, 7) is 3.65. The van der Waals surface area contributed by atoms with E-state index in [0.29, 0.717) is 38.5 Å². The Morgan fingerprint density at radius 3 is 2.54 bits per heavy atom. The number of amides is 1. The Balaban J connectivity index is 0.00000169. The Kier molecular flexibility index (Phi) is 9.26. The van der Waals surface area contributed by atoms with Crippen molar-refractivity contribution in [1.29, 1.82) is 0 Å². The Morgan fingerprint density at radius 1 is 1.23 bits per heavy atom. The summed E-state index contributed by atoms with van der Waals surface area (Å²) in [6, 6.07) is 3.17. The lowest BCUT2D eigenvalue weighted by atomic mass is 10.0. The molecule has 1 aromatic rings. The summed E-state index contributed by atoms with van der Waals surface area (Å²) in [5.41, 5.74) is 0. The standard InChI is InChI=1S/C16H24N4O3S.2ClH/c21-16(4-3-14-5-7-18-12-14)19-8-10-20(11-9-19)24(22,23)15-2-1-6-17-13-15;;/h1-2,6,13-14,18H,3-5,7-12H2;2*1H. The zero-order valence-electron chi connectivity index (χ0n) is 14.5. The second kappa shape index (κ2) is 10.4. The third-order valence-electron chi connectivity index (χ3n) is 4.79. The van der Waals surface area contributed by atoms with Gasteiger partial charge in [-0.15, -0.1) is 24.8 Å². The number of nitrogens with zero attached hydrogens (tertiary/aromatic N) is 3. The van der Waals surface area contributed by atoms with E-state index in [1.165, 1.54) is 10.5 Å². The lowest BCUT2D eigenvalue weighted by Gasteiger charge is -2.34. The van der Waals surface area contributed by atoms with Gasteiger partial charge >= 0.3 is 0 Å². The van der Waals surface area contributed by atoms with Gasteiger partial charge in [0, 0.05) is 45.0 Å². The van der Waals surface area contributed by atoms with E-state index in [-0.39, 0.29) is 35.6 Å². The largest absolute Gasteiger partial charge is 0.340 e. The summed E-state index contributed by atoms with van der Waals surface area (Å²) >= 11 is 0.